The average molecular weight is 270 g/mol. The van der Waals surface area contributed by atoms with Crippen molar-refractivity contribution in [3.63, 3.8) is 0 Å². The fourth-order valence-electron chi connectivity index (χ4n) is 3.32. The van der Waals surface area contributed by atoms with E-state index in [1.807, 2.05) is 6.07 Å². The Morgan fingerprint density at radius 2 is 2.15 bits per heavy atom. The van der Waals surface area contributed by atoms with E-state index in [1.54, 1.807) is 12.1 Å². The SMILES string of the molecule is CC1(n2c(C3CC3)nc3ccc(C(=O)O)cc32)CCC1. The molecule has 0 spiro atoms. The Kier molecular flexibility index (Phi) is 2.29. The molecule has 4 rings (SSSR count). The lowest BCUT2D eigenvalue weighted by Gasteiger charge is -2.41. The normalized spacial score (nSPS) is 20.9. The molecule has 0 amide bonds. The van der Waals surface area contributed by atoms with E-state index in [1.165, 1.54) is 25.1 Å². The van der Waals surface area contributed by atoms with Crippen molar-refractivity contribution in [1.82, 2.24) is 9.55 Å². The highest BCUT2D eigenvalue weighted by atomic mass is 16.4. The Labute approximate surface area is 117 Å². The second kappa shape index (κ2) is 3.84. The second-order valence-electron chi connectivity index (χ2n) is 6.44. The van der Waals surface area contributed by atoms with Crippen LogP contribution in [0.4, 0.5) is 0 Å². The molecule has 1 aromatic heterocycles. The molecule has 20 heavy (non-hydrogen) atoms. The minimum absolute atomic E-state index is 0.129. The smallest absolute Gasteiger partial charge is 0.335 e. The van der Waals surface area contributed by atoms with Crippen molar-refractivity contribution in [2.45, 2.75) is 50.5 Å². The molecule has 2 fully saturated rings. The van der Waals surface area contributed by atoms with Crippen LogP contribution >= 0.6 is 0 Å². The Hall–Kier alpha value is -1.84. The number of benzene rings is 1. The third-order valence-corrected chi connectivity index (χ3v) is 4.84. The maximum absolute atomic E-state index is 11.2. The molecule has 1 heterocycles. The largest absolute Gasteiger partial charge is 0.478 e. The average Bonchev–Trinajstić information content (AvgIpc) is 3.16. The van der Waals surface area contributed by atoms with Gasteiger partial charge >= 0.3 is 5.97 Å². The maximum Gasteiger partial charge on any atom is 0.335 e. The summed E-state index contributed by atoms with van der Waals surface area (Å²) >= 11 is 0. The zero-order valence-electron chi connectivity index (χ0n) is 11.6. The van der Waals surface area contributed by atoms with Gasteiger partial charge in [-0.3, -0.25) is 0 Å². The molecule has 2 aliphatic rings. The number of carboxylic acids is 1. The molecular weight excluding hydrogens is 252 g/mol. The lowest BCUT2D eigenvalue weighted by molar-refractivity contribution is 0.0697. The number of nitrogens with zero attached hydrogens (tertiary/aromatic N) is 2. The van der Waals surface area contributed by atoms with Crippen molar-refractivity contribution in [3.8, 4) is 0 Å². The van der Waals surface area contributed by atoms with Crippen LogP contribution in [0.25, 0.3) is 11.0 Å². The van der Waals surface area contributed by atoms with Gasteiger partial charge in [-0.15, -0.1) is 0 Å². The highest BCUT2D eigenvalue weighted by Gasteiger charge is 2.40. The van der Waals surface area contributed by atoms with Crippen molar-refractivity contribution < 1.29 is 9.90 Å². The molecule has 1 N–H and O–H groups in total. The predicted molar refractivity (Wildman–Crippen MR) is 76.2 cm³/mol. The standard InChI is InChI=1S/C16H18N2O2/c1-16(7-2-8-16)18-13-9-11(15(19)20)5-6-12(13)17-14(18)10-3-4-10/h5-6,9-10H,2-4,7-8H2,1H3,(H,19,20). The summed E-state index contributed by atoms with van der Waals surface area (Å²) in [6, 6.07) is 5.30. The molecule has 0 radical (unpaired) electrons. The molecule has 2 saturated carbocycles. The monoisotopic (exact) mass is 270 g/mol. The third-order valence-electron chi connectivity index (χ3n) is 4.84. The molecule has 0 atom stereocenters. The molecule has 2 aromatic rings. The topological polar surface area (TPSA) is 55.1 Å². The van der Waals surface area contributed by atoms with Crippen LogP contribution in [0.5, 0.6) is 0 Å². The van der Waals surface area contributed by atoms with Crippen LogP contribution in [0.3, 0.4) is 0 Å². The first-order valence-electron chi connectivity index (χ1n) is 7.35. The molecule has 4 nitrogen and oxygen atoms in total. The minimum atomic E-state index is -0.869. The van der Waals surface area contributed by atoms with Crippen molar-refractivity contribution in [2.24, 2.45) is 0 Å². The number of hydrogen-bond acceptors (Lipinski definition) is 2. The van der Waals surface area contributed by atoms with E-state index in [0.29, 0.717) is 11.5 Å². The summed E-state index contributed by atoms with van der Waals surface area (Å²) in [6.07, 6.45) is 6.00. The van der Waals surface area contributed by atoms with Gasteiger partial charge in [0, 0.05) is 11.5 Å². The van der Waals surface area contributed by atoms with E-state index in [9.17, 15) is 9.90 Å². The van der Waals surface area contributed by atoms with Crippen molar-refractivity contribution >= 4 is 17.0 Å². The van der Waals surface area contributed by atoms with Crippen molar-refractivity contribution in [3.05, 3.63) is 29.6 Å². The first-order chi connectivity index (χ1) is 9.58. The minimum Gasteiger partial charge on any atom is -0.478 e. The summed E-state index contributed by atoms with van der Waals surface area (Å²) in [5, 5.41) is 9.21. The molecule has 0 bridgehead atoms. The third kappa shape index (κ3) is 1.60. The van der Waals surface area contributed by atoms with E-state index in [-0.39, 0.29) is 5.54 Å². The van der Waals surface area contributed by atoms with Gasteiger partial charge < -0.3 is 9.67 Å². The van der Waals surface area contributed by atoms with Crippen LogP contribution in [-0.2, 0) is 5.54 Å². The maximum atomic E-state index is 11.2. The summed E-state index contributed by atoms with van der Waals surface area (Å²) in [6.45, 7) is 2.27. The zero-order chi connectivity index (χ0) is 13.9. The van der Waals surface area contributed by atoms with Crippen LogP contribution in [0, 0.1) is 0 Å². The molecule has 1 aromatic carbocycles. The zero-order valence-corrected chi connectivity index (χ0v) is 11.6. The summed E-state index contributed by atoms with van der Waals surface area (Å²) in [5.41, 5.74) is 2.41. The Balaban J connectivity index is 1.97. The highest BCUT2D eigenvalue weighted by molar-refractivity contribution is 5.92. The van der Waals surface area contributed by atoms with Gasteiger partial charge in [-0.1, -0.05) is 0 Å². The summed E-state index contributed by atoms with van der Waals surface area (Å²) in [7, 11) is 0. The number of fused-ring (bicyclic) bond motifs is 1. The Morgan fingerprint density at radius 1 is 1.40 bits per heavy atom. The van der Waals surface area contributed by atoms with Gasteiger partial charge in [0.2, 0.25) is 0 Å². The molecule has 0 aliphatic heterocycles. The van der Waals surface area contributed by atoms with Crippen LogP contribution in [0.2, 0.25) is 0 Å². The fourth-order valence-corrected chi connectivity index (χ4v) is 3.32. The van der Waals surface area contributed by atoms with Crippen molar-refractivity contribution in [2.75, 3.05) is 0 Å². The lowest BCUT2D eigenvalue weighted by Crippen LogP contribution is -2.38. The summed E-state index contributed by atoms with van der Waals surface area (Å²) in [5.74, 6) is 0.879. The van der Waals surface area contributed by atoms with E-state index in [0.717, 1.165) is 23.9 Å². The van der Waals surface area contributed by atoms with E-state index in [4.69, 9.17) is 4.98 Å². The van der Waals surface area contributed by atoms with Crippen LogP contribution in [0.1, 0.15) is 61.1 Å². The van der Waals surface area contributed by atoms with Crippen LogP contribution < -0.4 is 0 Å². The van der Waals surface area contributed by atoms with Gasteiger partial charge in [-0.25, -0.2) is 9.78 Å². The van der Waals surface area contributed by atoms with Crippen LogP contribution in [0.15, 0.2) is 18.2 Å². The number of hydrogen-bond donors (Lipinski definition) is 1. The van der Waals surface area contributed by atoms with Crippen LogP contribution in [-0.4, -0.2) is 20.6 Å². The second-order valence-corrected chi connectivity index (χ2v) is 6.44. The number of carboxylic acid groups (broad SMARTS) is 1. The first-order valence-corrected chi connectivity index (χ1v) is 7.35. The highest BCUT2D eigenvalue weighted by Crippen LogP contribution is 2.47. The van der Waals surface area contributed by atoms with Gasteiger partial charge in [0.25, 0.3) is 0 Å². The number of rotatable bonds is 3. The number of aromatic carboxylic acids is 1. The fraction of sp³-hybridized carbons (Fsp3) is 0.500. The number of aromatic nitrogens is 2. The number of carbonyl (C=O) groups is 1. The van der Waals surface area contributed by atoms with Gasteiger partial charge in [0.1, 0.15) is 5.82 Å². The van der Waals surface area contributed by atoms with Gasteiger partial charge in [-0.05, 0) is 57.2 Å². The van der Waals surface area contributed by atoms with Gasteiger partial charge in [0.15, 0.2) is 0 Å². The first kappa shape index (κ1) is 11.9. The summed E-state index contributed by atoms with van der Waals surface area (Å²) in [4.78, 5) is 16.0. The molecule has 0 saturated heterocycles. The summed E-state index contributed by atoms with van der Waals surface area (Å²) < 4.78 is 2.34. The van der Waals surface area contributed by atoms with E-state index in [2.05, 4.69) is 11.5 Å². The molecule has 104 valence electrons. The molecular formula is C16H18N2O2. The predicted octanol–water partition coefficient (Wildman–Crippen LogP) is 3.51. The lowest BCUT2D eigenvalue weighted by atomic mass is 9.78. The Morgan fingerprint density at radius 3 is 2.70 bits per heavy atom. The Bertz CT molecular complexity index is 709. The molecule has 2 aliphatic carbocycles. The van der Waals surface area contributed by atoms with E-state index < -0.39 is 5.97 Å². The van der Waals surface area contributed by atoms with Gasteiger partial charge in [0.05, 0.1) is 16.6 Å². The van der Waals surface area contributed by atoms with E-state index >= 15 is 0 Å². The molecule has 0 unspecified atom stereocenters. The van der Waals surface area contributed by atoms with Gasteiger partial charge in [-0.2, -0.15) is 0 Å². The number of imidazole rings is 1. The molecule has 4 heteroatoms. The quantitative estimate of drug-likeness (QED) is 0.928. The van der Waals surface area contributed by atoms with Crippen molar-refractivity contribution in [1.29, 1.82) is 0 Å².